The van der Waals surface area contributed by atoms with Crippen molar-refractivity contribution < 1.29 is 23.1 Å². The summed E-state index contributed by atoms with van der Waals surface area (Å²) in [6.07, 6.45) is 2.88. The summed E-state index contributed by atoms with van der Waals surface area (Å²) in [7, 11) is -3.38. The largest absolute Gasteiger partial charge is 0.511 e. The van der Waals surface area contributed by atoms with E-state index >= 15 is 0 Å². The summed E-state index contributed by atoms with van der Waals surface area (Å²) in [4.78, 5) is 14.5. The molecule has 0 fully saturated rings. The summed E-state index contributed by atoms with van der Waals surface area (Å²) in [5, 5.41) is 11.0. The molecule has 1 aromatic heterocycles. The van der Waals surface area contributed by atoms with E-state index in [0.29, 0.717) is 36.5 Å². The molecule has 1 aliphatic heterocycles. The summed E-state index contributed by atoms with van der Waals surface area (Å²) >= 11 is 1.62. The molecule has 1 aromatic carbocycles. The fourth-order valence-corrected chi connectivity index (χ4v) is 5.09. The van der Waals surface area contributed by atoms with Gasteiger partial charge in [-0.3, -0.25) is 0 Å². The average molecular weight is 420 g/mol. The highest BCUT2D eigenvalue weighted by molar-refractivity contribution is 7.91. The molecule has 0 spiro atoms. The van der Waals surface area contributed by atoms with Crippen LogP contribution in [0.3, 0.4) is 0 Å². The van der Waals surface area contributed by atoms with Crippen LogP contribution in [0.4, 0.5) is 4.79 Å². The summed E-state index contributed by atoms with van der Waals surface area (Å²) < 4.78 is 29.9. The van der Waals surface area contributed by atoms with Crippen LogP contribution >= 0.6 is 11.3 Å². The monoisotopic (exact) mass is 419 g/mol. The van der Waals surface area contributed by atoms with Crippen LogP contribution in [-0.4, -0.2) is 36.9 Å². The zero-order valence-corrected chi connectivity index (χ0v) is 16.8. The molecule has 1 N–H and O–H groups in total. The molecule has 2 heterocycles. The minimum absolute atomic E-state index is 0.0164. The van der Waals surface area contributed by atoms with Gasteiger partial charge >= 0.3 is 6.16 Å². The highest BCUT2D eigenvalue weighted by Gasteiger charge is 2.22. The number of sulfone groups is 1. The standard InChI is InChI=1S/C20H21NO5S2/c22-20(23)26-19-11-4-12-21(15-16-7-5-13-27-16)18(19)10-6-14-28(24,25)17-8-2-1-3-9-17/h1-5,7-9,11,13H,6,10,12,14-15H2,(H,22,23). The molecule has 0 radical (unpaired) electrons. The first-order chi connectivity index (χ1) is 13.5. The van der Waals surface area contributed by atoms with Gasteiger partial charge in [-0.05, 0) is 42.5 Å². The topological polar surface area (TPSA) is 83.9 Å². The molecule has 3 rings (SSSR count). The maximum absolute atomic E-state index is 12.5. The van der Waals surface area contributed by atoms with E-state index in [4.69, 9.17) is 9.84 Å². The molecule has 0 saturated carbocycles. The van der Waals surface area contributed by atoms with E-state index in [2.05, 4.69) is 0 Å². The van der Waals surface area contributed by atoms with Gasteiger partial charge in [0.1, 0.15) is 0 Å². The van der Waals surface area contributed by atoms with Crippen molar-refractivity contribution in [2.75, 3.05) is 12.3 Å². The van der Waals surface area contributed by atoms with Gasteiger partial charge in [0.25, 0.3) is 0 Å². The molecule has 0 bridgehead atoms. The van der Waals surface area contributed by atoms with Crippen LogP contribution in [0.15, 0.2) is 76.3 Å². The molecule has 0 atom stereocenters. The Hall–Kier alpha value is -2.58. The lowest BCUT2D eigenvalue weighted by atomic mass is 10.1. The third-order valence-corrected chi connectivity index (χ3v) is 6.99. The fourth-order valence-electron chi connectivity index (χ4n) is 3.04. The first-order valence-electron chi connectivity index (χ1n) is 8.81. The van der Waals surface area contributed by atoms with E-state index in [9.17, 15) is 13.2 Å². The molecule has 148 valence electrons. The first-order valence-corrected chi connectivity index (χ1v) is 11.3. The summed E-state index contributed by atoms with van der Waals surface area (Å²) in [6, 6.07) is 12.3. The molecular weight excluding hydrogens is 398 g/mol. The van der Waals surface area contributed by atoms with E-state index in [1.165, 1.54) is 0 Å². The third kappa shape index (κ3) is 5.24. The maximum Gasteiger partial charge on any atom is 0.511 e. The number of ether oxygens (including phenoxy) is 1. The number of nitrogens with zero attached hydrogens (tertiary/aromatic N) is 1. The molecule has 0 saturated heterocycles. The molecule has 0 aliphatic carbocycles. The van der Waals surface area contributed by atoms with Crippen LogP contribution < -0.4 is 0 Å². The second-order valence-electron chi connectivity index (χ2n) is 6.28. The number of hydrogen-bond donors (Lipinski definition) is 1. The van der Waals surface area contributed by atoms with Crippen LogP contribution in [-0.2, 0) is 21.1 Å². The van der Waals surface area contributed by atoms with Crippen molar-refractivity contribution in [3.63, 3.8) is 0 Å². The molecule has 0 unspecified atom stereocenters. The second kappa shape index (κ2) is 9.07. The molecule has 8 heteroatoms. The van der Waals surface area contributed by atoms with Crippen LogP contribution in [0.25, 0.3) is 0 Å². The number of benzene rings is 1. The highest BCUT2D eigenvalue weighted by atomic mass is 32.2. The van der Waals surface area contributed by atoms with Crippen molar-refractivity contribution in [2.45, 2.75) is 24.3 Å². The number of carbonyl (C=O) groups is 1. The average Bonchev–Trinajstić information content (AvgIpc) is 3.17. The predicted octanol–water partition coefficient (Wildman–Crippen LogP) is 4.28. The van der Waals surface area contributed by atoms with E-state index in [1.54, 1.807) is 47.7 Å². The van der Waals surface area contributed by atoms with Gasteiger partial charge in [-0.1, -0.05) is 30.3 Å². The van der Waals surface area contributed by atoms with E-state index in [1.807, 2.05) is 28.5 Å². The lowest BCUT2D eigenvalue weighted by Gasteiger charge is -2.30. The van der Waals surface area contributed by atoms with Crippen molar-refractivity contribution in [1.82, 2.24) is 4.90 Å². The Balaban J connectivity index is 1.74. The molecular formula is C20H21NO5S2. The summed E-state index contributed by atoms with van der Waals surface area (Å²) in [5.41, 5.74) is 0.710. The minimum Gasteiger partial charge on any atom is -0.449 e. The van der Waals surface area contributed by atoms with Crippen molar-refractivity contribution in [1.29, 1.82) is 0 Å². The Labute approximate surface area is 168 Å². The van der Waals surface area contributed by atoms with Gasteiger partial charge in [-0.25, -0.2) is 13.2 Å². The normalized spacial score (nSPS) is 14.4. The van der Waals surface area contributed by atoms with E-state index < -0.39 is 16.0 Å². The minimum atomic E-state index is -3.38. The lowest BCUT2D eigenvalue weighted by Crippen LogP contribution is -2.27. The molecule has 1 aliphatic rings. The van der Waals surface area contributed by atoms with Gasteiger partial charge in [0.05, 0.1) is 22.9 Å². The van der Waals surface area contributed by atoms with Crippen LogP contribution in [0.1, 0.15) is 17.7 Å². The van der Waals surface area contributed by atoms with E-state index in [0.717, 1.165) is 4.88 Å². The Morgan fingerprint density at radius 3 is 2.64 bits per heavy atom. The van der Waals surface area contributed by atoms with Gasteiger partial charge in [0.2, 0.25) is 0 Å². The van der Waals surface area contributed by atoms with Gasteiger partial charge in [-0.2, -0.15) is 0 Å². The molecule has 6 nitrogen and oxygen atoms in total. The molecule has 0 amide bonds. The van der Waals surface area contributed by atoms with Crippen LogP contribution in [0.2, 0.25) is 0 Å². The SMILES string of the molecule is O=C(O)OC1=C(CCCS(=O)(=O)c2ccccc2)N(Cc2cccs2)CC=C1. The lowest BCUT2D eigenvalue weighted by molar-refractivity contribution is 0.117. The Bertz CT molecular complexity index is 963. The first kappa shape index (κ1) is 20.2. The van der Waals surface area contributed by atoms with Crippen molar-refractivity contribution in [2.24, 2.45) is 0 Å². The van der Waals surface area contributed by atoms with Gasteiger partial charge in [0.15, 0.2) is 15.6 Å². The van der Waals surface area contributed by atoms with Crippen LogP contribution in [0.5, 0.6) is 0 Å². The van der Waals surface area contributed by atoms with Crippen molar-refractivity contribution >= 4 is 27.3 Å². The number of rotatable bonds is 8. The van der Waals surface area contributed by atoms with Gasteiger partial charge < -0.3 is 14.7 Å². The zero-order valence-electron chi connectivity index (χ0n) is 15.2. The number of carboxylic acid groups (broad SMARTS) is 1. The smallest absolute Gasteiger partial charge is 0.449 e. The van der Waals surface area contributed by atoms with Gasteiger partial charge in [-0.15, -0.1) is 11.3 Å². The van der Waals surface area contributed by atoms with Crippen molar-refractivity contribution in [3.05, 3.63) is 76.3 Å². The zero-order chi connectivity index (χ0) is 20.0. The predicted molar refractivity (Wildman–Crippen MR) is 108 cm³/mol. The summed E-state index contributed by atoms with van der Waals surface area (Å²) in [6.45, 7) is 1.24. The second-order valence-corrected chi connectivity index (χ2v) is 9.42. The number of hydrogen-bond acceptors (Lipinski definition) is 6. The highest BCUT2D eigenvalue weighted by Crippen LogP contribution is 2.26. The Morgan fingerprint density at radius 2 is 1.96 bits per heavy atom. The van der Waals surface area contributed by atoms with Crippen molar-refractivity contribution in [3.8, 4) is 0 Å². The van der Waals surface area contributed by atoms with E-state index in [-0.39, 0.29) is 11.5 Å². The number of thiophene rings is 1. The quantitative estimate of drug-likeness (QED) is 0.643. The fraction of sp³-hybridized carbons (Fsp3) is 0.250. The van der Waals surface area contributed by atoms with Crippen LogP contribution in [0, 0.1) is 0 Å². The molecule has 28 heavy (non-hydrogen) atoms. The number of allylic oxidation sites excluding steroid dienone is 2. The maximum atomic E-state index is 12.5. The Morgan fingerprint density at radius 1 is 1.18 bits per heavy atom. The molecule has 2 aromatic rings. The Kier molecular flexibility index (Phi) is 6.53. The summed E-state index contributed by atoms with van der Waals surface area (Å²) in [5.74, 6) is 0.240. The van der Waals surface area contributed by atoms with Gasteiger partial charge in [0, 0.05) is 11.4 Å². The third-order valence-electron chi connectivity index (χ3n) is 4.31.